The highest BCUT2D eigenvalue weighted by molar-refractivity contribution is 6.05. The normalized spacial score (nSPS) is 27.2. The lowest BCUT2D eigenvalue weighted by molar-refractivity contribution is -0.142. The van der Waals surface area contributed by atoms with E-state index in [1.54, 1.807) is 0 Å². The Bertz CT molecular complexity index is 427. The predicted molar refractivity (Wildman–Crippen MR) is 63.6 cm³/mol. The molecule has 18 heavy (non-hydrogen) atoms. The molecule has 1 aliphatic carbocycles. The molecule has 0 aromatic heterocycles. The molecule has 0 unspecified atom stereocenters. The largest absolute Gasteiger partial charge is 0.481 e. The third kappa shape index (κ3) is 2.30. The van der Waals surface area contributed by atoms with Crippen molar-refractivity contribution >= 4 is 17.8 Å². The van der Waals surface area contributed by atoms with Crippen LogP contribution in [0.1, 0.15) is 32.6 Å². The Balaban J connectivity index is 2.00. The van der Waals surface area contributed by atoms with Crippen molar-refractivity contribution < 1.29 is 19.5 Å². The second kappa shape index (κ2) is 4.92. The molecule has 0 bridgehead atoms. The van der Waals surface area contributed by atoms with Crippen molar-refractivity contribution in [1.82, 2.24) is 4.90 Å². The lowest BCUT2D eigenvalue weighted by atomic mass is 9.82. The van der Waals surface area contributed by atoms with Crippen molar-refractivity contribution in [2.24, 2.45) is 11.8 Å². The molecule has 1 saturated heterocycles. The standard InChI is InChI=1S/C13H17NO4/c1-8-4-5-9-10(7-8)13(18)14(12(9)17)6-2-3-11(15)16/h4,9-10H,2-3,5-7H2,1H3,(H,15,16)/t9-,10-/m1/s1. The van der Waals surface area contributed by atoms with Gasteiger partial charge >= 0.3 is 5.97 Å². The van der Waals surface area contributed by atoms with Gasteiger partial charge in [-0.3, -0.25) is 19.3 Å². The van der Waals surface area contributed by atoms with Gasteiger partial charge in [-0.2, -0.15) is 0 Å². The number of rotatable bonds is 4. The van der Waals surface area contributed by atoms with Gasteiger partial charge in [-0.1, -0.05) is 11.6 Å². The summed E-state index contributed by atoms with van der Waals surface area (Å²) >= 11 is 0. The maximum Gasteiger partial charge on any atom is 0.303 e. The zero-order valence-electron chi connectivity index (χ0n) is 10.4. The Labute approximate surface area is 105 Å². The quantitative estimate of drug-likeness (QED) is 0.601. The molecule has 0 radical (unpaired) electrons. The lowest BCUT2D eigenvalue weighted by Gasteiger charge is -2.19. The van der Waals surface area contributed by atoms with Crippen LogP contribution in [0.25, 0.3) is 0 Å². The van der Waals surface area contributed by atoms with Crippen LogP contribution in [0.15, 0.2) is 11.6 Å². The highest BCUT2D eigenvalue weighted by atomic mass is 16.4. The zero-order chi connectivity index (χ0) is 13.3. The van der Waals surface area contributed by atoms with Crippen LogP contribution < -0.4 is 0 Å². The van der Waals surface area contributed by atoms with E-state index in [0.717, 1.165) is 5.57 Å². The molecule has 0 aromatic rings. The fourth-order valence-corrected chi connectivity index (χ4v) is 2.71. The third-order valence-corrected chi connectivity index (χ3v) is 3.69. The minimum absolute atomic E-state index is 0.0102. The van der Waals surface area contributed by atoms with Gasteiger partial charge in [-0.25, -0.2) is 0 Å². The number of hydrogen-bond acceptors (Lipinski definition) is 3. The monoisotopic (exact) mass is 251 g/mol. The number of hydrogen-bond donors (Lipinski definition) is 1. The fraction of sp³-hybridized carbons (Fsp3) is 0.615. The van der Waals surface area contributed by atoms with E-state index in [2.05, 4.69) is 0 Å². The summed E-state index contributed by atoms with van der Waals surface area (Å²) in [7, 11) is 0. The van der Waals surface area contributed by atoms with Crippen molar-refractivity contribution in [1.29, 1.82) is 0 Å². The van der Waals surface area contributed by atoms with Gasteiger partial charge in [-0.15, -0.1) is 0 Å². The maximum atomic E-state index is 12.1. The van der Waals surface area contributed by atoms with Crippen molar-refractivity contribution in [2.75, 3.05) is 6.54 Å². The number of fused-ring (bicyclic) bond motifs is 1. The number of carboxylic acid groups (broad SMARTS) is 1. The molecular formula is C13H17NO4. The van der Waals surface area contributed by atoms with Crippen molar-refractivity contribution in [3.05, 3.63) is 11.6 Å². The molecule has 2 atom stereocenters. The van der Waals surface area contributed by atoms with Crippen LogP contribution in [-0.2, 0) is 14.4 Å². The van der Waals surface area contributed by atoms with E-state index in [0.29, 0.717) is 19.3 Å². The van der Waals surface area contributed by atoms with Gasteiger partial charge in [0, 0.05) is 13.0 Å². The molecule has 0 aromatic carbocycles. The summed E-state index contributed by atoms with van der Waals surface area (Å²) in [4.78, 5) is 35.9. The second-order valence-corrected chi connectivity index (χ2v) is 5.03. The first-order valence-electron chi connectivity index (χ1n) is 6.23. The molecule has 0 spiro atoms. The summed E-state index contributed by atoms with van der Waals surface area (Å²) in [6.07, 6.45) is 3.64. The minimum atomic E-state index is -0.899. The van der Waals surface area contributed by atoms with E-state index < -0.39 is 5.97 Å². The Morgan fingerprint density at radius 1 is 1.39 bits per heavy atom. The van der Waals surface area contributed by atoms with Gasteiger partial charge in [-0.05, 0) is 26.2 Å². The van der Waals surface area contributed by atoms with Gasteiger partial charge < -0.3 is 5.11 Å². The number of amides is 2. The number of carbonyl (C=O) groups excluding carboxylic acids is 2. The second-order valence-electron chi connectivity index (χ2n) is 5.03. The molecule has 1 aliphatic heterocycles. The molecular weight excluding hydrogens is 234 g/mol. The van der Waals surface area contributed by atoms with Gasteiger partial charge in [0.15, 0.2) is 0 Å². The van der Waals surface area contributed by atoms with Crippen molar-refractivity contribution in [3.8, 4) is 0 Å². The summed E-state index contributed by atoms with van der Waals surface area (Å²) in [6.45, 7) is 2.21. The summed E-state index contributed by atoms with van der Waals surface area (Å²) < 4.78 is 0. The minimum Gasteiger partial charge on any atom is -0.481 e. The highest BCUT2D eigenvalue weighted by Gasteiger charge is 2.47. The third-order valence-electron chi connectivity index (χ3n) is 3.69. The number of nitrogens with zero attached hydrogens (tertiary/aromatic N) is 1. The van der Waals surface area contributed by atoms with Gasteiger partial charge in [0.25, 0.3) is 0 Å². The molecule has 98 valence electrons. The first kappa shape index (κ1) is 12.8. The van der Waals surface area contributed by atoms with Crippen LogP contribution in [0, 0.1) is 11.8 Å². The van der Waals surface area contributed by atoms with Crippen LogP contribution in [-0.4, -0.2) is 34.3 Å². The maximum absolute atomic E-state index is 12.1. The highest BCUT2D eigenvalue weighted by Crippen LogP contribution is 2.37. The molecule has 1 heterocycles. The molecule has 2 rings (SSSR count). The molecule has 2 aliphatic rings. The first-order chi connectivity index (χ1) is 8.50. The Morgan fingerprint density at radius 3 is 2.72 bits per heavy atom. The summed E-state index contributed by atoms with van der Waals surface area (Å²) in [6, 6.07) is 0. The van der Waals surface area contributed by atoms with Crippen molar-refractivity contribution in [3.63, 3.8) is 0 Å². The van der Waals surface area contributed by atoms with E-state index in [4.69, 9.17) is 5.11 Å². The van der Waals surface area contributed by atoms with E-state index in [1.165, 1.54) is 4.90 Å². The molecule has 1 fully saturated rings. The smallest absolute Gasteiger partial charge is 0.303 e. The van der Waals surface area contributed by atoms with Gasteiger partial charge in [0.05, 0.1) is 11.8 Å². The number of allylic oxidation sites excluding steroid dienone is 2. The number of imide groups is 1. The Morgan fingerprint density at radius 2 is 2.06 bits per heavy atom. The average Bonchev–Trinajstić information content (AvgIpc) is 2.53. The molecule has 0 saturated carbocycles. The SMILES string of the molecule is CC1=CC[C@H]2C(=O)N(CCCC(=O)O)C(=O)[C@@H]2C1. The van der Waals surface area contributed by atoms with E-state index in [-0.39, 0.29) is 36.6 Å². The summed E-state index contributed by atoms with van der Waals surface area (Å²) in [5, 5.41) is 8.56. The van der Waals surface area contributed by atoms with E-state index in [1.807, 2.05) is 13.0 Å². The number of aliphatic carboxylic acids is 1. The van der Waals surface area contributed by atoms with Crippen LogP contribution in [0.2, 0.25) is 0 Å². The van der Waals surface area contributed by atoms with Crippen LogP contribution in [0.5, 0.6) is 0 Å². The van der Waals surface area contributed by atoms with E-state index >= 15 is 0 Å². The fourth-order valence-electron chi connectivity index (χ4n) is 2.71. The molecule has 1 N–H and O–H groups in total. The predicted octanol–water partition coefficient (Wildman–Crippen LogP) is 1.19. The zero-order valence-corrected chi connectivity index (χ0v) is 10.4. The molecule has 5 heteroatoms. The summed E-state index contributed by atoms with van der Waals surface area (Å²) in [5.41, 5.74) is 1.16. The first-order valence-corrected chi connectivity index (χ1v) is 6.23. The molecule has 2 amide bonds. The van der Waals surface area contributed by atoms with Crippen LogP contribution in [0.3, 0.4) is 0 Å². The van der Waals surface area contributed by atoms with Crippen molar-refractivity contribution in [2.45, 2.75) is 32.6 Å². The molecule has 5 nitrogen and oxygen atoms in total. The average molecular weight is 251 g/mol. The van der Waals surface area contributed by atoms with Gasteiger partial charge in [0.1, 0.15) is 0 Å². The van der Waals surface area contributed by atoms with Crippen LogP contribution >= 0.6 is 0 Å². The van der Waals surface area contributed by atoms with Gasteiger partial charge in [0.2, 0.25) is 11.8 Å². The number of carboxylic acids is 1. The topological polar surface area (TPSA) is 74.7 Å². The lowest BCUT2D eigenvalue weighted by Crippen LogP contribution is -2.32. The van der Waals surface area contributed by atoms with Crippen LogP contribution in [0.4, 0.5) is 0 Å². The summed E-state index contributed by atoms with van der Waals surface area (Å²) in [5.74, 6) is -1.58. The Kier molecular flexibility index (Phi) is 3.50. The number of carbonyl (C=O) groups is 3. The number of likely N-dealkylation sites (tertiary alicyclic amines) is 1. The Hall–Kier alpha value is -1.65. The van der Waals surface area contributed by atoms with E-state index in [9.17, 15) is 14.4 Å².